The predicted molar refractivity (Wildman–Crippen MR) is 119 cm³/mol. The standard InChI is InChI=1S/C21H31ClN2O4S/c1-4-5-7-15(2)12-20(22)28-19-11-10-17(21(25)23-29(26)27)13-18(19)24(3)14-16-8-6-9-16/h10-11,13,16,20H,2,4-9,12,14H2,1,3H3,(H,23,25)(H,26,27). The van der Waals surface area contributed by atoms with E-state index in [2.05, 4.69) is 18.4 Å². The van der Waals surface area contributed by atoms with E-state index < -0.39 is 22.7 Å². The minimum atomic E-state index is -2.41. The largest absolute Gasteiger partial charge is 0.472 e. The first-order valence-electron chi connectivity index (χ1n) is 10.0. The molecule has 2 N–H and O–H groups in total. The molecule has 1 aromatic rings. The lowest BCUT2D eigenvalue weighted by atomic mass is 9.85. The molecule has 1 aromatic carbocycles. The Morgan fingerprint density at radius 2 is 2.21 bits per heavy atom. The molecule has 6 nitrogen and oxygen atoms in total. The first kappa shape index (κ1) is 23.7. The third-order valence-electron chi connectivity index (χ3n) is 5.16. The Bertz CT molecular complexity index is 739. The van der Waals surface area contributed by atoms with E-state index in [4.69, 9.17) is 20.9 Å². The zero-order valence-corrected chi connectivity index (χ0v) is 18.7. The van der Waals surface area contributed by atoms with Crippen molar-refractivity contribution in [2.75, 3.05) is 18.5 Å². The van der Waals surface area contributed by atoms with Crippen LogP contribution in [0.4, 0.5) is 5.69 Å². The monoisotopic (exact) mass is 442 g/mol. The maximum absolute atomic E-state index is 12.1. The smallest absolute Gasteiger partial charge is 0.264 e. The summed E-state index contributed by atoms with van der Waals surface area (Å²) in [6.45, 7) is 7.06. The van der Waals surface area contributed by atoms with Gasteiger partial charge in [-0.2, -0.15) is 0 Å². The second-order valence-electron chi connectivity index (χ2n) is 7.63. The second-order valence-corrected chi connectivity index (χ2v) is 8.82. The molecular weight excluding hydrogens is 412 g/mol. The molecule has 0 heterocycles. The van der Waals surface area contributed by atoms with E-state index in [-0.39, 0.29) is 5.56 Å². The molecule has 0 radical (unpaired) electrons. The summed E-state index contributed by atoms with van der Waals surface area (Å²) in [5.74, 6) is 0.582. The van der Waals surface area contributed by atoms with Gasteiger partial charge in [-0.15, -0.1) is 0 Å². The van der Waals surface area contributed by atoms with Crippen molar-refractivity contribution < 1.29 is 18.3 Å². The Kier molecular flexibility index (Phi) is 9.46. The van der Waals surface area contributed by atoms with Crippen molar-refractivity contribution in [1.82, 2.24) is 4.72 Å². The molecule has 2 rings (SSSR count). The topological polar surface area (TPSA) is 78.9 Å². The molecule has 2 unspecified atom stereocenters. The summed E-state index contributed by atoms with van der Waals surface area (Å²) in [4.78, 5) is 14.2. The minimum absolute atomic E-state index is 0.286. The van der Waals surface area contributed by atoms with Gasteiger partial charge in [-0.25, -0.2) is 8.93 Å². The third kappa shape index (κ3) is 7.64. The first-order valence-corrected chi connectivity index (χ1v) is 11.6. The molecule has 0 saturated heterocycles. The fourth-order valence-electron chi connectivity index (χ4n) is 3.29. The number of amides is 1. The molecule has 0 bridgehead atoms. The molecule has 1 saturated carbocycles. The van der Waals surface area contributed by atoms with Crippen molar-refractivity contribution >= 4 is 34.5 Å². The molecule has 8 heteroatoms. The Hall–Kier alpha value is -1.57. The second kappa shape index (κ2) is 11.6. The lowest BCUT2D eigenvalue weighted by Gasteiger charge is -2.32. The normalized spacial score (nSPS) is 15.9. The van der Waals surface area contributed by atoms with Crippen LogP contribution in [0.1, 0.15) is 62.2 Å². The maximum atomic E-state index is 12.1. The van der Waals surface area contributed by atoms with E-state index >= 15 is 0 Å². The number of nitrogens with one attached hydrogen (secondary N) is 1. The van der Waals surface area contributed by atoms with Crippen molar-refractivity contribution in [2.24, 2.45) is 5.92 Å². The zero-order chi connectivity index (χ0) is 21.4. The summed E-state index contributed by atoms with van der Waals surface area (Å²) in [6, 6.07) is 4.92. The number of ether oxygens (including phenoxy) is 1. The molecule has 162 valence electrons. The summed E-state index contributed by atoms with van der Waals surface area (Å²) >= 11 is 4.01. The number of halogens is 1. The number of hydrogen-bond acceptors (Lipinski definition) is 4. The molecule has 1 aliphatic carbocycles. The van der Waals surface area contributed by atoms with E-state index in [0.29, 0.717) is 18.1 Å². The molecule has 2 atom stereocenters. The number of carbonyl (C=O) groups is 1. The van der Waals surface area contributed by atoms with E-state index in [0.717, 1.165) is 37.1 Å². The lowest BCUT2D eigenvalue weighted by Crippen LogP contribution is -2.30. The van der Waals surface area contributed by atoms with Crippen molar-refractivity contribution in [3.63, 3.8) is 0 Å². The van der Waals surface area contributed by atoms with Gasteiger partial charge in [0.2, 0.25) is 0 Å². The van der Waals surface area contributed by atoms with Crippen LogP contribution in [0.3, 0.4) is 0 Å². The Morgan fingerprint density at radius 3 is 2.79 bits per heavy atom. The van der Waals surface area contributed by atoms with Gasteiger partial charge >= 0.3 is 0 Å². The number of unbranched alkanes of at least 4 members (excludes halogenated alkanes) is 1. The van der Waals surface area contributed by atoms with Crippen molar-refractivity contribution in [3.05, 3.63) is 35.9 Å². The zero-order valence-electron chi connectivity index (χ0n) is 17.2. The van der Waals surface area contributed by atoms with Gasteiger partial charge in [-0.1, -0.05) is 43.5 Å². The quantitative estimate of drug-likeness (QED) is 0.274. The molecule has 0 aromatic heterocycles. The summed E-state index contributed by atoms with van der Waals surface area (Å²) in [5, 5.41) is 0. The average molecular weight is 443 g/mol. The van der Waals surface area contributed by atoms with Crippen LogP contribution in [0.2, 0.25) is 0 Å². The summed E-state index contributed by atoms with van der Waals surface area (Å²) in [5.41, 5.74) is 1.52. The van der Waals surface area contributed by atoms with Gasteiger partial charge in [-0.05, 0) is 49.8 Å². The SMILES string of the molecule is C=C(CCCC)CC(Cl)Oc1ccc(C(=O)NS(=O)O)cc1N(C)CC1CCC1. The van der Waals surface area contributed by atoms with Crippen molar-refractivity contribution in [1.29, 1.82) is 0 Å². The predicted octanol–water partition coefficient (Wildman–Crippen LogP) is 4.87. The molecule has 1 amide bonds. The number of carbonyl (C=O) groups excluding carboxylic acids is 1. The maximum Gasteiger partial charge on any atom is 0.264 e. The molecular formula is C21H31ClN2O4S. The number of nitrogens with zero attached hydrogens (tertiary/aromatic N) is 1. The van der Waals surface area contributed by atoms with Gasteiger partial charge in [0.05, 0.1) is 5.69 Å². The third-order valence-corrected chi connectivity index (χ3v) is 5.76. The van der Waals surface area contributed by atoms with Crippen LogP contribution < -0.4 is 14.4 Å². The van der Waals surface area contributed by atoms with Gasteiger partial charge in [0.1, 0.15) is 5.75 Å². The van der Waals surface area contributed by atoms with E-state index in [1.807, 2.05) is 11.8 Å². The summed E-state index contributed by atoms with van der Waals surface area (Å²) < 4.78 is 27.8. The van der Waals surface area contributed by atoms with Gasteiger partial charge in [-0.3, -0.25) is 9.35 Å². The highest BCUT2D eigenvalue weighted by Gasteiger charge is 2.22. The number of anilines is 1. The minimum Gasteiger partial charge on any atom is -0.472 e. The number of alkyl halides is 1. The van der Waals surface area contributed by atoms with Crippen LogP contribution in [0.5, 0.6) is 5.75 Å². The van der Waals surface area contributed by atoms with Crippen LogP contribution in [0, 0.1) is 5.92 Å². The van der Waals surface area contributed by atoms with Gasteiger partial charge in [0.25, 0.3) is 17.2 Å². The van der Waals surface area contributed by atoms with Crippen LogP contribution in [0.25, 0.3) is 0 Å². The van der Waals surface area contributed by atoms with Crippen LogP contribution in [0.15, 0.2) is 30.4 Å². The Balaban J connectivity index is 2.16. The first-order chi connectivity index (χ1) is 13.8. The Morgan fingerprint density at radius 1 is 1.48 bits per heavy atom. The molecule has 1 aliphatic rings. The highest BCUT2D eigenvalue weighted by molar-refractivity contribution is 7.77. The van der Waals surface area contributed by atoms with Crippen LogP contribution in [-0.2, 0) is 11.3 Å². The summed E-state index contributed by atoms with van der Waals surface area (Å²) in [7, 11) is 1.95. The number of rotatable bonds is 12. The van der Waals surface area contributed by atoms with Crippen LogP contribution in [-0.4, -0.2) is 33.8 Å². The number of hydrogen-bond donors (Lipinski definition) is 2. The van der Waals surface area contributed by atoms with E-state index in [1.165, 1.54) is 19.3 Å². The molecule has 1 fully saturated rings. The lowest BCUT2D eigenvalue weighted by molar-refractivity contribution is 0.0981. The van der Waals surface area contributed by atoms with Crippen molar-refractivity contribution in [3.8, 4) is 5.75 Å². The van der Waals surface area contributed by atoms with Gasteiger partial charge in [0, 0.05) is 25.6 Å². The van der Waals surface area contributed by atoms with Crippen molar-refractivity contribution in [2.45, 2.75) is 57.4 Å². The Labute approximate surface area is 181 Å². The van der Waals surface area contributed by atoms with Crippen LogP contribution >= 0.6 is 11.6 Å². The fraction of sp³-hybridized carbons (Fsp3) is 0.571. The highest BCUT2D eigenvalue weighted by atomic mass is 35.5. The highest BCUT2D eigenvalue weighted by Crippen LogP contribution is 2.34. The fourth-order valence-corrected chi connectivity index (χ4v) is 3.88. The van der Waals surface area contributed by atoms with Gasteiger partial charge in [0.15, 0.2) is 5.56 Å². The molecule has 0 aliphatic heterocycles. The van der Waals surface area contributed by atoms with E-state index in [1.54, 1.807) is 18.2 Å². The van der Waals surface area contributed by atoms with E-state index in [9.17, 15) is 9.00 Å². The van der Waals surface area contributed by atoms with Gasteiger partial charge < -0.3 is 9.64 Å². The number of benzene rings is 1. The summed E-state index contributed by atoms with van der Waals surface area (Å²) in [6.07, 6.45) is 7.29. The molecule has 29 heavy (non-hydrogen) atoms. The average Bonchev–Trinajstić information content (AvgIpc) is 2.62. The molecule has 0 spiro atoms.